The van der Waals surface area contributed by atoms with Gasteiger partial charge in [-0.25, -0.2) is 4.98 Å². The molecule has 1 atom stereocenters. The van der Waals surface area contributed by atoms with Gasteiger partial charge in [0, 0.05) is 11.8 Å². The summed E-state index contributed by atoms with van der Waals surface area (Å²) in [4.78, 5) is 18.3. The SMILES string of the molecule is Cc1cnc(C2CCCN2)[nH]c1=O. The molecule has 1 unspecified atom stereocenters. The predicted octanol–water partition coefficient (Wildman–Crippen LogP) is 0.503. The van der Waals surface area contributed by atoms with Gasteiger partial charge in [-0.3, -0.25) is 4.79 Å². The van der Waals surface area contributed by atoms with Crippen LogP contribution in [0.2, 0.25) is 0 Å². The van der Waals surface area contributed by atoms with Crippen molar-refractivity contribution in [3.05, 3.63) is 27.9 Å². The molecule has 13 heavy (non-hydrogen) atoms. The molecule has 1 saturated heterocycles. The standard InChI is InChI=1S/C9H13N3O/c1-6-5-11-8(12-9(6)13)7-3-2-4-10-7/h5,7,10H,2-4H2,1H3,(H,11,12,13). The van der Waals surface area contributed by atoms with E-state index in [-0.39, 0.29) is 11.6 Å². The van der Waals surface area contributed by atoms with Crippen molar-refractivity contribution in [2.45, 2.75) is 25.8 Å². The van der Waals surface area contributed by atoms with Gasteiger partial charge in [0.2, 0.25) is 0 Å². The van der Waals surface area contributed by atoms with Crippen LogP contribution < -0.4 is 10.9 Å². The van der Waals surface area contributed by atoms with Crippen molar-refractivity contribution in [1.82, 2.24) is 15.3 Å². The average Bonchev–Trinajstić information content (AvgIpc) is 2.62. The number of aromatic amines is 1. The van der Waals surface area contributed by atoms with Crippen LogP contribution in [0.15, 0.2) is 11.0 Å². The van der Waals surface area contributed by atoms with Gasteiger partial charge >= 0.3 is 0 Å². The van der Waals surface area contributed by atoms with E-state index in [1.54, 1.807) is 13.1 Å². The Labute approximate surface area is 76.4 Å². The van der Waals surface area contributed by atoms with Gasteiger partial charge < -0.3 is 10.3 Å². The zero-order valence-electron chi connectivity index (χ0n) is 7.63. The minimum Gasteiger partial charge on any atom is -0.309 e. The molecule has 4 nitrogen and oxygen atoms in total. The van der Waals surface area contributed by atoms with Crippen molar-refractivity contribution in [2.75, 3.05) is 6.54 Å². The van der Waals surface area contributed by atoms with Crippen molar-refractivity contribution in [3.63, 3.8) is 0 Å². The van der Waals surface area contributed by atoms with E-state index in [4.69, 9.17) is 0 Å². The molecule has 1 aromatic rings. The molecular weight excluding hydrogens is 166 g/mol. The van der Waals surface area contributed by atoms with Gasteiger partial charge in [-0.15, -0.1) is 0 Å². The van der Waals surface area contributed by atoms with Gasteiger partial charge in [0.1, 0.15) is 5.82 Å². The molecule has 2 N–H and O–H groups in total. The van der Waals surface area contributed by atoms with Crippen LogP contribution in [0, 0.1) is 6.92 Å². The summed E-state index contributed by atoms with van der Waals surface area (Å²) >= 11 is 0. The summed E-state index contributed by atoms with van der Waals surface area (Å²) in [6.07, 6.45) is 3.85. The second kappa shape index (κ2) is 3.30. The van der Waals surface area contributed by atoms with Gasteiger partial charge in [-0.2, -0.15) is 0 Å². The summed E-state index contributed by atoms with van der Waals surface area (Å²) in [7, 11) is 0. The summed E-state index contributed by atoms with van der Waals surface area (Å²) in [5.74, 6) is 0.771. The molecule has 0 amide bonds. The summed E-state index contributed by atoms with van der Waals surface area (Å²) in [5, 5.41) is 3.29. The van der Waals surface area contributed by atoms with E-state index in [1.807, 2.05) is 0 Å². The first-order chi connectivity index (χ1) is 6.27. The van der Waals surface area contributed by atoms with Crippen LogP contribution in [0.5, 0.6) is 0 Å². The first-order valence-corrected chi connectivity index (χ1v) is 4.56. The number of rotatable bonds is 1. The maximum absolute atomic E-state index is 11.3. The lowest BCUT2D eigenvalue weighted by Crippen LogP contribution is -2.21. The maximum Gasteiger partial charge on any atom is 0.253 e. The fourth-order valence-corrected chi connectivity index (χ4v) is 1.57. The highest BCUT2D eigenvalue weighted by atomic mass is 16.1. The molecule has 1 aromatic heterocycles. The zero-order chi connectivity index (χ0) is 9.26. The third-order valence-electron chi connectivity index (χ3n) is 2.39. The van der Waals surface area contributed by atoms with E-state index in [9.17, 15) is 4.79 Å². The number of aryl methyl sites for hydroxylation is 1. The first-order valence-electron chi connectivity index (χ1n) is 4.56. The van der Waals surface area contributed by atoms with Crippen LogP contribution in [-0.2, 0) is 0 Å². The van der Waals surface area contributed by atoms with Crippen LogP contribution in [0.4, 0.5) is 0 Å². The molecule has 0 spiro atoms. The highest BCUT2D eigenvalue weighted by molar-refractivity contribution is 5.06. The topological polar surface area (TPSA) is 57.8 Å². The Morgan fingerprint density at radius 1 is 1.62 bits per heavy atom. The molecule has 0 aromatic carbocycles. The molecule has 1 fully saturated rings. The molecule has 0 radical (unpaired) electrons. The van der Waals surface area contributed by atoms with Crippen molar-refractivity contribution < 1.29 is 0 Å². The second-order valence-electron chi connectivity index (χ2n) is 3.43. The Balaban J connectivity index is 2.30. The molecule has 0 saturated carbocycles. The van der Waals surface area contributed by atoms with Crippen molar-refractivity contribution >= 4 is 0 Å². The van der Waals surface area contributed by atoms with Crippen LogP contribution in [0.3, 0.4) is 0 Å². The van der Waals surface area contributed by atoms with E-state index < -0.39 is 0 Å². The van der Waals surface area contributed by atoms with Crippen LogP contribution in [0.25, 0.3) is 0 Å². The zero-order valence-corrected chi connectivity index (χ0v) is 7.63. The molecule has 2 rings (SSSR count). The largest absolute Gasteiger partial charge is 0.309 e. The average molecular weight is 179 g/mol. The molecular formula is C9H13N3O. The third-order valence-corrected chi connectivity index (χ3v) is 2.39. The quantitative estimate of drug-likeness (QED) is 0.660. The number of nitrogens with one attached hydrogen (secondary N) is 2. The second-order valence-corrected chi connectivity index (χ2v) is 3.43. The number of H-pyrrole nitrogens is 1. The Morgan fingerprint density at radius 2 is 2.46 bits per heavy atom. The number of aromatic nitrogens is 2. The smallest absolute Gasteiger partial charge is 0.253 e. The van der Waals surface area contributed by atoms with Crippen molar-refractivity contribution in [2.24, 2.45) is 0 Å². The Bertz CT molecular complexity index is 352. The molecule has 2 heterocycles. The van der Waals surface area contributed by atoms with Crippen LogP contribution in [0.1, 0.15) is 30.3 Å². The normalized spacial score (nSPS) is 22.1. The fourth-order valence-electron chi connectivity index (χ4n) is 1.57. The number of hydrogen-bond donors (Lipinski definition) is 2. The lowest BCUT2D eigenvalue weighted by atomic mass is 10.2. The summed E-state index contributed by atoms with van der Waals surface area (Å²) < 4.78 is 0. The van der Waals surface area contributed by atoms with E-state index in [1.165, 1.54) is 0 Å². The first kappa shape index (κ1) is 8.44. The van der Waals surface area contributed by atoms with E-state index in [0.717, 1.165) is 25.2 Å². The Kier molecular flexibility index (Phi) is 2.14. The van der Waals surface area contributed by atoms with Gasteiger partial charge in [0.05, 0.1) is 6.04 Å². The summed E-state index contributed by atoms with van der Waals surface area (Å²) in [5.41, 5.74) is 0.639. The summed E-state index contributed by atoms with van der Waals surface area (Å²) in [6, 6.07) is 0.244. The molecule has 1 aliphatic rings. The van der Waals surface area contributed by atoms with E-state index >= 15 is 0 Å². The van der Waals surface area contributed by atoms with E-state index in [2.05, 4.69) is 15.3 Å². The van der Waals surface area contributed by atoms with Gasteiger partial charge in [0.15, 0.2) is 0 Å². The Hall–Kier alpha value is -1.16. The molecule has 0 aliphatic carbocycles. The predicted molar refractivity (Wildman–Crippen MR) is 49.6 cm³/mol. The monoisotopic (exact) mass is 179 g/mol. The number of nitrogens with zero attached hydrogens (tertiary/aromatic N) is 1. The van der Waals surface area contributed by atoms with Gasteiger partial charge in [-0.05, 0) is 26.3 Å². The van der Waals surface area contributed by atoms with E-state index in [0.29, 0.717) is 5.56 Å². The third kappa shape index (κ3) is 1.62. The molecule has 70 valence electrons. The molecule has 1 aliphatic heterocycles. The van der Waals surface area contributed by atoms with Crippen molar-refractivity contribution in [1.29, 1.82) is 0 Å². The van der Waals surface area contributed by atoms with Gasteiger partial charge in [-0.1, -0.05) is 0 Å². The number of hydrogen-bond acceptors (Lipinski definition) is 3. The highest BCUT2D eigenvalue weighted by Crippen LogP contribution is 2.18. The molecule has 4 heteroatoms. The van der Waals surface area contributed by atoms with Crippen LogP contribution in [-0.4, -0.2) is 16.5 Å². The summed E-state index contributed by atoms with van der Waals surface area (Å²) in [6.45, 7) is 2.78. The highest BCUT2D eigenvalue weighted by Gasteiger charge is 2.17. The van der Waals surface area contributed by atoms with Crippen LogP contribution >= 0.6 is 0 Å². The maximum atomic E-state index is 11.3. The van der Waals surface area contributed by atoms with Crippen molar-refractivity contribution in [3.8, 4) is 0 Å². The Morgan fingerprint density at radius 3 is 3.08 bits per heavy atom. The lowest BCUT2D eigenvalue weighted by Gasteiger charge is -2.08. The lowest BCUT2D eigenvalue weighted by molar-refractivity contribution is 0.601. The fraction of sp³-hybridized carbons (Fsp3) is 0.556. The minimum atomic E-state index is -0.0290. The van der Waals surface area contributed by atoms with Gasteiger partial charge in [0.25, 0.3) is 5.56 Å². The minimum absolute atomic E-state index is 0.0290. The molecule has 0 bridgehead atoms.